The Bertz CT molecular complexity index is 443. The third-order valence-corrected chi connectivity index (χ3v) is 2.40. The molecule has 0 radical (unpaired) electrons. The summed E-state index contributed by atoms with van der Waals surface area (Å²) in [5.41, 5.74) is 7.58. The summed E-state index contributed by atoms with van der Waals surface area (Å²) in [5.74, 6) is -1.26. The van der Waals surface area contributed by atoms with E-state index in [1.165, 1.54) is 0 Å². The van der Waals surface area contributed by atoms with Gasteiger partial charge in [0.15, 0.2) is 0 Å². The summed E-state index contributed by atoms with van der Waals surface area (Å²) >= 11 is 0. The van der Waals surface area contributed by atoms with Crippen LogP contribution in [0.4, 0.5) is 5.69 Å². The Kier molecular flexibility index (Phi) is 4.09. The summed E-state index contributed by atoms with van der Waals surface area (Å²) in [7, 11) is 0. The Balaban J connectivity index is 2.70. The van der Waals surface area contributed by atoms with E-state index in [9.17, 15) is 9.59 Å². The second-order valence-electron chi connectivity index (χ2n) is 4.04. The highest BCUT2D eigenvalue weighted by atomic mass is 16.4. The summed E-state index contributed by atoms with van der Waals surface area (Å²) in [6, 6.07) is 4.58. The summed E-state index contributed by atoms with van der Waals surface area (Å²) in [6.45, 7) is 3.49. The van der Waals surface area contributed by atoms with Crippen LogP contribution in [0.25, 0.3) is 0 Å². The predicted octanol–water partition coefficient (Wildman–Crippen LogP) is 1.17. The molecule has 0 aliphatic carbocycles. The third kappa shape index (κ3) is 3.79. The number of hydrogen-bond donors (Lipinski definition) is 3. The number of nitrogens with one attached hydrogen (secondary N) is 1. The number of hydrogen-bond acceptors (Lipinski definition) is 3. The number of benzene rings is 1. The fourth-order valence-corrected chi connectivity index (χ4v) is 1.40. The number of rotatable bonds is 4. The van der Waals surface area contributed by atoms with Gasteiger partial charge in [0, 0.05) is 17.3 Å². The Morgan fingerprint density at radius 3 is 2.65 bits per heavy atom. The molecule has 0 bridgehead atoms. The molecule has 0 saturated carbocycles. The first-order valence-corrected chi connectivity index (χ1v) is 5.29. The molecule has 0 heterocycles. The fourth-order valence-electron chi connectivity index (χ4n) is 1.40. The number of carbonyl (C=O) groups is 2. The molecule has 5 nitrogen and oxygen atoms in total. The quantitative estimate of drug-likeness (QED) is 0.684. The van der Waals surface area contributed by atoms with Gasteiger partial charge in [0.25, 0.3) is 5.91 Å². The van der Waals surface area contributed by atoms with Crippen LogP contribution in [-0.4, -0.2) is 23.0 Å². The first kappa shape index (κ1) is 13.0. The highest BCUT2D eigenvalue weighted by molar-refractivity contribution is 5.95. The zero-order valence-corrected chi connectivity index (χ0v) is 9.86. The number of amides is 1. The minimum absolute atomic E-state index is 0.104. The van der Waals surface area contributed by atoms with Crippen LogP contribution in [0.2, 0.25) is 0 Å². The lowest BCUT2D eigenvalue weighted by molar-refractivity contribution is -0.137. The predicted molar refractivity (Wildman–Crippen MR) is 64.8 cm³/mol. The van der Waals surface area contributed by atoms with E-state index in [4.69, 9.17) is 10.8 Å². The van der Waals surface area contributed by atoms with Crippen molar-refractivity contribution in [2.24, 2.45) is 0 Å². The van der Waals surface area contributed by atoms with Gasteiger partial charge in [-0.15, -0.1) is 0 Å². The van der Waals surface area contributed by atoms with Crippen molar-refractivity contribution in [3.63, 3.8) is 0 Å². The van der Waals surface area contributed by atoms with Crippen molar-refractivity contribution in [1.82, 2.24) is 5.32 Å². The summed E-state index contributed by atoms with van der Waals surface area (Å²) in [5, 5.41) is 11.2. The van der Waals surface area contributed by atoms with Crippen molar-refractivity contribution in [2.45, 2.75) is 26.3 Å². The molecule has 17 heavy (non-hydrogen) atoms. The van der Waals surface area contributed by atoms with E-state index in [-0.39, 0.29) is 12.3 Å². The molecule has 0 spiro atoms. The SMILES string of the molecule is Cc1ccc(C(=O)NC(C)CC(=O)O)cc1N. The van der Waals surface area contributed by atoms with Gasteiger partial charge < -0.3 is 16.2 Å². The first-order valence-electron chi connectivity index (χ1n) is 5.29. The standard InChI is InChI=1S/C12H16N2O3/c1-7-3-4-9(6-10(7)13)12(17)14-8(2)5-11(15)16/h3-4,6,8H,5,13H2,1-2H3,(H,14,17)(H,15,16). The monoisotopic (exact) mass is 236 g/mol. The molecule has 92 valence electrons. The van der Waals surface area contributed by atoms with Crippen LogP contribution in [0, 0.1) is 6.92 Å². The van der Waals surface area contributed by atoms with Crippen LogP contribution in [0.1, 0.15) is 29.3 Å². The minimum Gasteiger partial charge on any atom is -0.481 e. The topological polar surface area (TPSA) is 92.4 Å². The normalized spacial score (nSPS) is 11.9. The number of carbonyl (C=O) groups excluding carboxylic acids is 1. The van der Waals surface area contributed by atoms with Crippen molar-refractivity contribution in [3.8, 4) is 0 Å². The maximum absolute atomic E-state index is 11.7. The number of nitrogens with two attached hydrogens (primary N) is 1. The van der Waals surface area contributed by atoms with Crippen molar-refractivity contribution in [3.05, 3.63) is 29.3 Å². The van der Waals surface area contributed by atoms with E-state index in [0.717, 1.165) is 5.56 Å². The second kappa shape index (κ2) is 5.34. The lowest BCUT2D eigenvalue weighted by atomic mass is 10.1. The smallest absolute Gasteiger partial charge is 0.305 e. The number of carboxylic acid groups (broad SMARTS) is 1. The molecule has 4 N–H and O–H groups in total. The van der Waals surface area contributed by atoms with Gasteiger partial charge in [-0.05, 0) is 31.5 Å². The maximum atomic E-state index is 11.7. The lowest BCUT2D eigenvalue weighted by Gasteiger charge is -2.12. The molecule has 1 unspecified atom stereocenters. The van der Waals surface area contributed by atoms with E-state index in [2.05, 4.69) is 5.32 Å². The van der Waals surface area contributed by atoms with Gasteiger partial charge >= 0.3 is 5.97 Å². The van der Waals surface area contributed by atoms with Crippen molar-refractivity contribution < 1.29 is 14.7 Å². The fraction of sp³-hybridized carbons (Fsp3) is 0.333. The summed E-state index contributed by atoms with van der Waals surface area (Å²) in [4.78, 5) is 22.2. The molecule has 0 aliphatic rings. The van der Waals surface area contributed by atoms with Gasteiger partial charge in [-0.25, -0.2) is 0 Å². The number of carboxylic acids is 1. The first-order chi connectivity index (χ1) is 7.90. The molecule has 0 fully saturated rings. The zero-order chi connectivity index (χ0) is 13.0. The summed E-state index contributed by atoms with van der Waals surface area (Å²) < 4.78 is 0. The zero-order valence-electron chi connectivity index (χ0n) is 9.86. The Morgan fingerprint density at radius 1 is 1.47 bits per heavy atom. The molecule has 1 aromatic rings. The van der Waals surface area contributed by atoms with Gasteiger partial charge in [0.05, 0.1) is 6.42 Å². The highest BCUT2D eigenvalue weighted by Gasteiger charge is 2.12. The summed E-state index contributed by atoms with van der Waals surface area (Å²) in [6.07, 6.45) is -0.104. The van der Waals surface area contributed by atoms with Crippen molar-refractivity contribution in [1.29, 1.82) is 0 Å². The van der Waals surface area contributed by atoms with Gasteiger partial charge in [0.2, 0.25) is 0 Å². The molecular formula is C12H16N2O3. The third-order valence-electron chi connectivity index (χ3n) is 2.40. The van der Waals surface area contributed by atoms with Crippen LogP contribution < -0.4 is 11.1 Å². The molecule has 1 rings (SSSR count). The van der Waals surface area contributed by atoms with Crippen LogP contribution in [0.15, 0.2) is 18.2 Å². The second-order valence-corrected chi connectivity index (χ2v) is 4.04. The van der Waals surface area contributed by atoms with Crippen LogP contribution in [-0.2, 0) is 4.79 Å². The lowest BCUT2D eigenvalue weighted by Crippen LogP contribution is -2.34. The average Bonchev–Trinajstić information content (AvgIpc) is 2.20. The van der Waals surface area contributed by atoms with Crippen molar-refractivity contribution >= 4 is 17.6 Å². The van der Waals surface area contributed by atoms with E-state index < -0.39 is 12.0 Å². The molecule has 1 atom stereocenters. The van der Waals surface area contributed by atoms with Gasteiger partial charge in [0.1, 0.15) is 0 Å². The number of aliphatic carboxylic acids is 1. The highest BCUT2D eigenvalue weighted by Crippen LogP contribution is 2.12. The number of nitrogen functional groups attached to an aromatic ring is 1. The molecule has 1 amide bonds. The minimum atomic E-state index is -0.943. The van der Waals surface area contributed by atoms with Gasteiger partial charge in [-0.2, -0.15) is 0 Å². The van der Waals surface area contributed by atoms with Gasteiger partial charge in [-0.3, -0.25) is 9.59 Å². The van der Waals surface area contributed by atoms with Crippen LogP contribution in [0.5, 0.6) is 0 Å². The molecule has 0 saturated heterocycles. The van der Waals surface area contributed by atoms with E-state index >= 15 is 0 Å². The molecule has 0 aromatic heterocycles. The number of anilines is 1. The van der Waals surface area contributed by atoms with E-state index in [0.29, 0.717) is 11.3 Å². The van der Waals surface area contributed by atoms with Gasteiger partial charge in [-0.1, -0.05) is 6.07 Å². The van der Waals surface area contributed by atoms with Crippen LogP contribution >= 0.6 is 0 Å². The Hall–Kier alpha value is -2.04. The maximum Gasteiger partial charge on any atom is 0.305 e. The average molecular weight is 236 g/mol. The molecule has 0 aliphatic heterocycles. The van der Waals surface area contributed by atoms with Crippen molar-refractivity contribution in [2.75, 3.05) is 5.73 Å². The van der Waals surface area contributed by atoms with Crippen LogP contribution in [0.3, 0.4) is 0 Å². The van der Waals surface area contributed by atoms with E-state index in [1.807, 2.05) is 6.92 Å². The number of aryl methyl sites for hydroxylation is 1. The Labute approximate surface area is 99.6 Å². The van der Waals surface area contributed by atoms with E-state index in [1.54, 1.807) is 25.1 Å². The molecule has 5 heteroatoms. The Morgan fingerprint density at radius 2 is 2.12 bits per heavy atom. The molecule has 1 aromatic carbocycles. The molecular weight excluding hydrogens is 220 g/mol. The largest absolute Gasteiger partial charge is 0.481 e.